The summed E-state index contributed by atoms with van der Waals surface area (Å²) in [5.74, 6) is 2.72. The standard InChI is InChI=1S/C17H21BrN2O/c1-13-2-7-17(21-13)11-19-10-14-8-9-20(12-14)16-5-3-15(18)4-6-16/h2-7,14,19H,8-12H2,1H3. The second-order valence-corrected chi connectivity index (χ2v) is 6.64. The van der Waals surface area contributed by atoms with Gasteiger partial charge in [-0.1, -0.05) is 15.9 Å². The Morgan fingerprint density at radius 1 is 1.24 bits per heavy atom. The molecule has 3 rings (SSSR count). The van der Waals surface area contributed by atoms with Crippen molar-refractivity contribution in [1.82, 2.24) is 5.32 Å². The molecule has 1 unspecified atom stereocenters. The van der Waals surface area contributed by atoms with Crippen LogP contribution in [-0.4, -0.2) is 19.6 Å². The van der Waals surface area contributed by atoms with E-state index in [1.54, 1.807) is 0 Å². The number of anilines is 1. The van der Waals surface area contributed by atoms with Crippen LogP contribution < -0.4 is 10.2 Å². The Balaban J connectivity index is 1.45. The van der Waals surface area contributed by atoms with Crippen molar-refractivity contribution >= 4 is 21.6 Å². The number of rotatable bonds is 5. The number of nitrogens with one attached hydrogen (secondary N) is 1. The summed E-state index contributed by atoms with van der Waals surface area (Å²) < 4.78 is 6.71. The number of halogens is 1. The van der Waals surface area contributed by atoms with E-state index in [1.807, 2.05) is 19.1 Å². The van der Waals surface area contributed by atoms with E-state index in [-0.39, 0.29) is 0 Å². The zero-order valence-electron chi connectivity index (χ0n) is 12.3. The minimum atomic E-state index is 0.713. The second kappa shape index (κ2) is 6.67. The molecule has 1 atom stereocenters. The molecule has 3 nitrogen and oxygen atoms in total. The molecule has 112 valence electrons. The van der Waals surface area contributed by atoms with E-state index >= 15 is 0 Å². The molecule has 0 saturated carbocycles. The number of nitrogens with zero attached hydrogens (tertiary/aromatic N) is 1. The summed E-state index contributed by atoms with van der Waals surface area (Å²) in [6.45, 7) is 6.13. The van der Waals surface area contributed by atoms with E-state index in [2.05, 4.69) is 50.4 Å². The van der Waals surface area contributed by atoms with Gasteiger partial charge in [0.2, 0.25) is 0 Å². The maximum Gasteiger partial charge on any atom is 0.117 e. The predicted octanol–water partition coefficient (Wildman–Crippen LogP) is 3.97. The third kappa shape index (κ3) is 3.89. The molecule has 1 N–H and O–H groups in total. The summed E-state index contributed by atoms with van der Waals surface area (Å²) in [6.07, 6.45) is 1.25. The molecule has 4 heteroatoms. The Morgan fingerprint density at radius 3 is 2.76 bits per heavy atom. The maximum atomic E-state index is 5.57. The van der Waals surface area contributed by atoms with Crippen LogP contribution in [0.3, 0.4) is 0 Å². The number of aryl methyl sites for hydroxylation is 1. The fraction of sp³-hybridized carbons (Fsp3) is 0.412. The lowest BCUT2D eigenvalue weighted by Gasteiger charge is -2.19. The molecular weight excluding hydrogens is 328 g/mol. The Hall–Kier alpha value is -1.26. The first-order chi connectivity index (χ1) is 10.2. The monoisotopic (exact) mass is 348 g/mol. The average Bonchev–Trinajstić information content (AvgIpc) is 3.09. The number of furan rings is 1. The fourth-order valence-corrected chi connectivity index (χ4v) is 3.13. The van der Waals surface area contributed by atoms with Gasteiger partial charge in [0, 0.05) is 29.8 Å². The molecule has 1 aromatic carbocycles. The lowest BCUT2D eigenvalue weighted by molar-refractivity contribution is 0.441. The summed E-state index contributed by atoms with van der Waals surface area (Å²) in [5, 5.41) is 3.51. The van der Waals surface area contributed by atoms with Gasteiger partial charge in [-0.05, 0) is 55.7 Å². The van der Waals surface area contributed by atoms with Gasteiger partial charge in [-0.25, -0.2) is 0 Å². The quantitative estimate of drug-likeness (QED) is 0.886. The fourth-order valence-electron chi connectivity index (χ4n) is 2.87. The van der Waals surface area contributed by atoms with Gasteiger partial charge in [0.25, 0.3) is 0 Å². The van der Waals surface area contributed by atoms with Crippen LogP contribution in [-0.2, 0) is 6.54 Å². The number of benzene rings is 1. The Labute approximate surface area is 134 Å². The van der Waals surface area contributed by atoms with Gasteiger partial charge in [0.15, 0.2) is 0 Å². The summed E-state index contributed by atoms with van der Waals surface area (Å²) in [4.78, 5) is 2.47. The van der Waals surface area contributed by atoms with Gasteiger partial charge < -0.3 is 14.6 Å². The second-order valence-electron chi connectivity index (χ2n) is 5.72. The van der Waals surface area contributed by atoms with E-state index in [1.165, 1.54) is 12.1 Å². The van der Waals surface area contributed by atoms with E-state index in [0.29, 0.717) is 5.92 Å². The molecule has 1 aliphatic heterocycles. The molecule has 1 fully saturated rings. The van der Waals surface area contributed by atoms with Crippen molar-refractivity contribution in [2.75, 3.05) is 24.5 Å². The molecule has 0 radical (unpaired) electrons. The highest BCUT2D eigenvalue weighted by atomic mass is 79.9. The van der Waals surface area contributed by atoms with Crippen LogP contribution in [0.15, 0.2) is 45.3 Å². The molecule has 1 aliphatic rings. The van der Waals surface area contributed by atoms with E-state index < -0.39 is 0 Å². The molecule has 0 aliphatic carbocycles. The minimum Gasteiger partial charge on any atom is -0.465 e. The van der Waals surface area contributed by atoms with Crippen molar-refractivity contribution in [2.24, 2.45) is 5.92 Å². The van der Waals surface area contributed by atoms with Gasteiger partial charge in [-0.3, -0.25) is 0 Å². The third-order valence-corrected chi connectivity index (χ3v) is 4.53. The first-order valence-electron chi connectivity index (χ1n) is 7.47. The van der Waals surface area contributed by atoms with Crippen molar-refractivity contribution in [1.29, 1.82) is 0 Å². The van der Waals surface area contributed by atoms with Crippen LogP contribution >= 0.6 is 15.9 Å². The number of hydrogen-bond donors (Lipinski definition) is 1. The molecule has 2 heterocycles. The Morgan fingerprint density at radius 2 is 2.05 bits per heavy atom. The normalized spacial score (nSPS) is 18.4. The highest BCUT2D eigenvalue weighted by molar-refractivity contribution is 9.10. The summed E-state index contributed by atoms with van der Waals surface area (Å²) >= 11 is 3.49. The van der Waals surface area contributed by atoms with Crippen LogP contribution in [0.5, 0.6) is 0 Å². The van der Waals surface area contributed by atoms with Crippen LogP contribution in [0.25, 0.3) is 0 Å². The molecule has 1 saturated heterocycles. The highest BCUT2D eigenvalue weighted by Gasteiger charge is 2.22. The van der Waals surface area contributed by atoms with E-state index in [4.69, 9.17) is 4.42 Å². The summed E-state index contributed by atoms with van der Waals surface area (Å²) in [6, 6.07) is 12.7. The average molecular weight is 349 g/mol. The highest BCUT2D eigenvalue weighted by Crippen LogP contribution is 2.25. The number of hydrogen-bond acceptors (Lipinski definition) is 3. The van der Waals surface area contributed by atoms with Crippen molar-refractivity contribution in [2.45, 2.75) is 19.9 Å². The van der Waals surface area contributed by atoms with Crippen molar-refractivity contribution in [3.05, 3.63) is 52.4 Å². The molecule has 0 spiro atoms. The third-order valence-electron chi connectivity index (χ3n) is 4.01. The van der Waals surface area contributed by atoms with Crippen LogP contribution in [0.2, 0.25) is 0 Å². The van der Waals surface area contributed by atoms with Gasteiger partial charge in [-0.2, -0.15) is 0 Å². The Bertz CT molecular complexity index is 579. The largest absolute Gasteiger partial charge is 0.465 e. The smallest absolute Gasteiger partial charge is 0.117 e. The molecule has 0 amide bonds. The van der Waals surface area contributed by atoms with Gasteiger partial charge >= 0.3 is 0 Å². The van der Waals surface area contributed by atoms with E-state index in [0.717, 1.165) is 42.2 Å². The van der Waals surface area contributed by atoms with Gasteiger partial charge in [-0.15, -0.1) is 0 Å². The topological polar surface area (TPSA) is 28.4 Å². The van der Waals surface area contributed by atoms with Crippen molar-refractivity contribution < 1.29 is 4.42 Å². The zero-order chi connectivity index (χ0) is 14.7. The Kier molecular flexibility index (Phi) is 4.66. The molecule has 1 aromatic heterocycles. The maximum absolute atomic E-state index is 5.57. The summed E-state index contributed by atoms with van der Waals surface area (Å²) in [7, 11) is 0. The predicted molar refractivity (Wildman–Crippen MR) is 89.6 cm³/mol. The SMILES string of the molecule is Cc1ccc(CNCC2CCN(c3ccc(Br)cc3)C2)o1. The van der Waals surface area contributed by atoms with Crippen LogP contribution in [0.4, 0.5) is 5.69 Å². The van der Waals surface area contributed by atoms with Crippen LogP contribution in [0.1, 0.15) is 17.9 Å². The minimum absolute atomic E-state index is 0.713. The molecular formula is C17H21BrN2O. The molecule has 2 aromatic rings. The zero-order valence-corrected chi connectivity index (χ0v) is 13.9. The lowest BCUT2D eigenvalue weighted by atomic mass is 10.1. The van der Waals surface area contributed by atoms with Crippen LogP contribution in [0, 0.1) is 12.8 Å². The van der Waals surface area contributed by atoms with E-state index in [9.17, 15) is 0 Å². The first kappa shape index (κ1) is 14.7. The van der Waals surface area contributed by atoms with Crippen molar-refractivity contribution in [3.63, 3.8) is 0 Å². The lowest BCUT2D eigenvalue weighted by Crippen LogP contribution is -2.26. The van der Waals surface area contributed by atoms with Gasteiger partial charge in [0.1, 0.15) is 11.5 Å². The first-order valence-corrected chi connectivity index (χ1v) is 8.26. The van der Waals surface area contributed by atoms with Crippen molar-refractivity contribution in [3.8, 4) is 0 Å². The van der Waals surface area contributed by atoms with Gasteiger partial charge in [0.05, 0.1) is 6.54 Å². The summed E-state index contributed by atoms with van der Waals surface area (Å²) in [5.41, 5.74) is 1.32. The molecule has 0 bridgehead atoms. The molecule has 21 heavy (non-hydrogen) atoms.